The van der Waals surface area contributed by atoms with E-state index in [1.54, 1.807) is 0 Å². The largest absolute Gasteiger partial charge is 0.421 e. The molecule has 1 N–H and O–H groups in total. The van der Waals surface area contributed by atoms with Gasteiger partial charge in [0.05, 0.1) is 0 Å². The van der Waals surface area contributed by atoms with Crippen LogP contribution in [0.15, 0.2) is 0 Å². The van der Waals surface area contributed by atoms with Crippen LogP contribution in [0.2, 0.25) is 0 Å². The predicted molar refractivity (Wildman–Crippen MR) is 24.7 cm³/mol. The molecule has 1 atom stereocenters. The quantitative estimate of drug-likeness (QED) is 0.494. The Morgan fingerprint density at radius 3 is 3.11 bits per heavy atom. The first-order valence-corrected chi connectivity index (χ1v) is 2.26. The van der Waals surface area contributed by atoms with Gasteiger partial charge in [-0.3, -0.25) is 10.1 Å². The molecule has 1 heterocycles. The lowest BCUT2D eigenvalue weighted by Crippen LogP contribution is -2.28. The monoisotopic (exact) mass is 130 g/mol. The van der Waals surface area contributed by atoms with Gasteiger partial charge in [-0.05, 0) is 0 Å². The van der Waals surface area contributed by atoms with Crippen molar-refractivity contribution in [3.63, 3.8) is 0 Å². The smallest absolute Gasteiger partial charge is 0.408 e. The summed E-state index contributed by atoms with van der Waals surface area (Å²) in [6, 6.07) is 0. The Bertz CT molecular complexity index is 135. The Labute approximate surface area is 50.9 Å². The van der Waals surface area contributed by atoms with Crippen molar-refractivity contribution in [3.05, 3.63) is 0 Å². The van der Waals surface area contributed by atoms with Gasteiger partial charge < -0.3 is 9.47 Å². The fourth-order valence-corrected chi connectivity index (χ4v) is 0.473. The van der Waals surface area contributed by atoms with Crippen LogP contribution in [0.3, 0.4) is 0 Å². The summed E-state index contributed by atoms with van der Waals surface area (Å²) in [6.45, 7) is 1.08. The Balaban J connectivity index is 2.29. The summed E-state index contributed by atoms with van der Waals surface area (Å²) in [6.07, 6.45) is -0.935. The van der Waals surface area contributed by atoms with E-state index in [1.807, 2.05) is 0 Å². The fraction of sp³-hybridized carbons (Fsp3) is 0.500. The molecule has 1 fully saturated rings. The van der Waals surface area contributed by atoms with Crippen LogP contribution < -0.4 is 5.32 Å². The molecule has 0 spiro atoms. The molecule has 1 rings (SSSR count). The van der Waals surface area contributed by atoms with Crippen LogP contribution in [-0.2, 0) is 19.1 Å². The normalized spacial score (nSPS) is 25.3. The summed E-state index contributed by atoms with van der Waals surface area (Å²) < 4.78 is 8.67. The number of ether oxygens (including phenoxy) is 2. The highest BCUT2D eigenvalue weighted by atomic mass is 16.7. The average molecular weight is 130 g/mol. The number of nitrogens with one attached hydrogen (secondary N) is 1. The van der Waals surface area contributed by atoms with Gasteiger partial charge in [-0.25, -0.2) is 4.79 Å². The summed E-state index contributed by atoms with van der Waals surface area (Å²) in [7, 11) is 0. The molecule has 0 aromatic rings. The zero-order chi connectivity index (χ0) is 6.69. The summed E-state index contributed by atoms with van der Waals surface area (Å²) >= 11 is 0. The van der Waals surface area contributed by atoms with Crippen molar-refractivity contribution in [3.8, 4) is 0 Å². The third-order valence-corrected chi connectivity index (χ3v) is 0.800. The van der Waals surface area contributed by atoms with Gasteiger partial charge in [-0.1, -0.05) is 0 Å². The van der Waals surface area contributed by atoms with Crippen LogP contribution in [0.5, 0.6) is 0 Å². The average Bonchev–Trinajstić information content (AvgIpc) is 2.17. The van der Waals surface area contributed by atoms with E-state index in [1.165, 1.54) is 0 Å². The highest BCUT2D eigenvalue weighted by Crippen LogP contribution is 1.95. The zero-order valence-electron chi connectivity index (χ0n) is 4.42. The lowest BCUT2D eigenvalue weighted by atomic mass is 10.7. The van der Waals surface area contributed by atoms with Gasteiger partial charge in [0, 0.05) is 0 Å². The molecular weight excluding hydrogens is 126 g/mol. The van der Waals surface area contributed by atoms with Crippen molar-refractivity contribution in [1.29, 1.82) is 0 Å². The highest BCUT2D eigenvalue weighted by Gasteiger charge is 2.21. The predicted octanol–water partition coefficient (Wildman–Crippen LogP) is -1.50. The van der Waals surface area contributed by atoms with Gasteiger partial charge in [0.2, 0.25) is 0 Å². The molecule has 1 amide bonds. The number of amides is 1. The van der Waals surface area contributed by atoms with Crippen molar-refractivity contribution >= 4 is 12.4 Å². The molecule has 49 valence electrons. The van der Waals surface area contributed by atoms with Gasteiger partial charge in [-0.15, -0.1) is 0 Å². The second-order valence-electron chi connectivity index (χ2n) is 1.41. The molecule has 9 heavy (non-hydrogen) atoms. The molecular formula is C4H4NO4. The van der Waals surface area contributed by atoms with Gasteiger partial charge in [0.1, 0.15) is 6.61 Å². The maximum atomic E-state index is 10.3. The third-order valence-electron chi connectivity index (χ3n) is 0.800. The van der Waals surface area contributed by atoms with E-state index >= 15 is 0 Å². The van der Waals surface area contributed by atoms with E-state index in [9.17, 15) is 9.59 Å². The van der Waals surface area contributed by atoms with E-state index in [-0.39, 0.29) is 12.5 Å². The molecule has 5 heteroatoms. The molecule has 1 aliphatic rings. The van der Waals surface area contributed by atoms with Crippen molar-refractivity contribution in [1.82, 2.24) is 5.32 Å². The summed E-state index contributed by atoms with van der Waals surface area (Å²) in [5, 5.41) is 2.21. The van der Waals surface area contributed by atoms with Crippen LogP contribution in [0.1, 0.15) is 0 Å². The molecule has 1 radical (unpaired) electrons. The first-order chi connectivity index (χ1) is 4.33. The van der Waals surface area contributed by atoms with Crippen molar-refractivity contribution in [2.45, 2.75) is 6.41 Å². The molecule has 0 aromatic heterocycles. The fourth-order valence-electron chi connectivity index (χ4n) is 0.473. The lowest BCUT2D eigenvalue weighted by molar-refractivity contribution is -0.119. The number of hydrogen-bond acceptors (Lipinski definition) is 4. The van der Waals surface area contributed by atoms with Gasteiger partial charge in [0.15, 0.2) is 0 Å². The molecule has 0 aliphatic carbocycles. The van der Waals surface area contributed by atoms with Crippen LogP contribution in [0.25, 0.3) is 0 Å². The van der Waals surface area contributed by atoms with Crippen molar-refractivity contribution in [2.24, 2.45) is 0 Å². The number of hydrogen-bond donors (Lipinski definition) is 1. The standard InChI is InChI=1S/C4H4NO4/c6-2-9-4-5-3(7)1-8-4/h4H,1H2,(H,5,7). The van der Waals surface area contributed by atoms with E-state index in [4.69, 9.17) is 0 Å². The molecule has 1 unspecified atom stereocenters. The molecule has 0 saturated carbocycles. The van der Waals surface area contributed by atoms with E-state index in [2.05, 4.69) is 14.8 Å². The minimum Gasteiger partial charge on any atom is -0.408 e. The SMILES string of the molecule is O=[C]OC1NC(=O)CO1. The molecule has 0 bridgehead atoms. The minimum atomic E-state index is -0.935. The Morgan fingerprint density at radius 1 is 1.89 bits per heavy atom. The Hall–Kier alpha value is -1.10. The number of carbonyl (C=O) groups excluding carboxylic acids is 2. The Morgan fingerprint density at radius 2 is 2.67 bits per heavy atom. The summed E-state index contributed by atoms with van der Waals surface area (Å²) in [5.41, 5.74) is 0. The maximum absolute atomic E-state index is 10.3. The molecule has 1 aliphatic heterocycles. The lowest BCUT2D eigenvalue weighted by Gasteiger charge is -2.02. The van der Waals surface area contributed by atoms with Gasteiger partial charge >= 0.3 is 6.47 Å². The molecule has 1 saturated heterocycles. The van der Waals surface area contributed by atoms with Crippen molar-refractivity contribution in [2.75, 3.05) is 6.61 Å². The summed E-state index contributed by atoms with van der Waals surface area (Å²) in [5.74, 6) is -0.296. The van der Waals surface area contributed by atoms with Gasteiger partial charge in [-0.2, -0.15) is 0 Å². The van der Waals surface area contributed by atoms with E-state index in [0.717, 1.165) is 6.47 Å². The molecule has 0 aromatic carbocycles. The Kier molecular flexibility index (Phi) is 1.64. The minimum absolute atomic E-state index is 0.0631. The van der Waals surface area contributed by atoms with Crippen LogP contribution in [-0.4, -0.2) is 25.4 Å². The topological polar surface area (TPSA) is 64.6 Å². The van der Waals surface area contributed by atoms with Crippen LogP contribution >= 0.6 is 0 Å². The van der Waals surface area contributed by atoms with Crippen molar-refractivity contribution < 1.29 is 19.1 Å². The second-order valence-corrected chi connectivity index (χ2v) is 1.41. The molecule has 5 nitrogen and oxygen atoms in total. The van der Waals surface area contributed by atoms with Gasteiger partial charge in [0.25, 0.3) is 12.3 Å². The number of carbonyl (C=O) groups is 1. The second kappa shape index (κ2) is 2.45. The zero-order valence-corrected chi connectivity index (χ0v) is 4.42. The maximum Gasteiger partial charge on any atom is 0.421 e. The third kappa shape index (κ3) is 1.39. The highest BCUT2D eigenvalue weighted by molar-refractivity contribution is 5.78. The van der Waals surface area contributed by atoms with Crippen LogP contribution in [0.4, 0.5) is 0 Å². The number of rotatable bonds is 2. The first-order valence-electron chi connectivity index (χ1n) is 2.26. The summed E-state index contributed by atoms with van der Waals surface area (Å²) in [4.78, 5) is 19.8. The van der Waals surface area contributed by atoms with E-state index in [0.29, 0.717) is 0 Å². The first kappa shape index (κ1) is 6.03. The van der Waals surface area contributed by atoms with E-state index < -0.39 is 6.41 Å². The van der Waals surface area contributed by atoms with Crippen LogP contribution in [0, 0.1) is 0 Å².